The van der Waals surface area contributed by atoms with E-state index in [1.54, 1.807) is 0 Å². The van der Waals surface area contributed by atoms with E-state index in [1.807, 2.05) is 42.5 Å². The fraction of sp³-hybridized carbons (Fsp3) is 0.357. The highest BCUT2D eigenvalue weighted by Crippen LogP contribution is 2.34. The fourth-order valence-electron chi connectivity index (χ4n) is 1.72. The third-order valence-electron chi connectivity index (χ3n) is 2.78. The smallest absolute Gasteiger partial charge is 0.333 e. The van der Waals surface area contributed by atoms with Gasteiger partial charge in [0.25, 0.3) is 0 Å². The molecule has 3 heteroatoms. The molecule has 1 unspecified atom stereocenters. The molecule has 0 aliphatic heterocycles. The van der Waals surface area contributed by atoms with Gasteiger partial charge in [0.1, 0.15) is 0 Å². The molecule has 0 aromatic heterocycles. The van der Waals surface area contributed by atoms with Crippen LogP contribution in [0.2, 0.25) is 0 Å². The maximum Gasteiger partial charge on any atom is 0.333 e. The zero-order valence-corrected chi connectivity index (χ0v) is 9.58. The zero-order valence-electron chi connectivity index (χ0n) is 9.58. The number of rotatable bonds is 6. The summed E-state index contributed by atoms with van der Waals surface area (Å²) < 4.78 is 5.36. The van der Waals surface area contributed by atoms with Crippen LogP contribution >= 0.6 is 0 Å². The van der Waals surface area contributed by atoms with Crippen LogP contribution in [0.3, 0.4) is 0 Å². The minimum absolute atomic E-state index is 0.220. The number of ether oxygens (including phenoxy) is 1. The second-order valence-corrected chi connectivity index (χ2v) is 4.24. The van der Waals surface area contributed by atoms with Gasteiger partial charge in [-0.25, -0.2) is 4.79 Å². The Labute approximate surface area is 101 Å². The first-order chi connectivity index (χ1) is 8.27. The van der Waals surface area contributed by atoms with Gasteiger partial charge in [-0.2, -0.15) is 0 Å². The van der Waals surface area contributed by atoms with E-state index in [0.29, 0.717) is 6.61 Å². The molecule has 1 aromatic rings. The molecule has 1 aliphatic carbocycles. The number of carbonyl (C=O) groups is 1. The lowest BCUT2D eigenvalue weighted by atomic mass is 10.2. The lowest BCUT2D eigenvalue weighted by Gasteiger charge is -2.10. The lowest BCUT2D eigenvalue weighted by Crippen LogP contribution is -2.26. The second kappa shape index (κ2) is 5.64. The van der Waals surface area contributed by atoms with Gasteiger partial charge in [0, 0.05) is 0 Å². The van der Waals surface area contributed by atoms with Crippen molar-refractivity contribution in [1.29, 1.82) is 0 Å². The highest BCUT2D eigenvalue weighted by Gasteiger charge is 2.36. The molecule has 0 amide bonds. The maximum atomic E-state index is 10.9. The van der Waals surface area contributed by atoms with Crippen LogP contribution in [0.15, 0.2) is 36.4 Å². The first-order valence-corrected chi connectivity index (χ1v) is 5.83. The van der Waals surface area contributed by atoms with Crippen molar-refractivity contribution >= 4 is 12.0 Å². The Morgan fingerprint density at radius 1 is 1.41 bits per heavy atom. The fourth-order valence-corrected chi connectivity index (χ4v) is 1.72. The number of carboxylic acid groups (broad SMARTS) is 1. The number of carboxylic acids is 1. The lowest BCUT2D eigenvalue weighted by molar-refractivity contribution is -0.150. The van der Waals surface area contributed by atoms with E-state index in [9.17, 15) is 4.79 Å². The molecule has 0 bridgehead atoms. The van der Waals surface area contributed by atoms with E-state index in [1.165, 1.54) is 0 Å². The van der Waals surface area contributed by atoms with Crippen LogP contribution in [0.1, 0.15) is 18.4 Å². The molecule has 0 spiro atoms. The highest BCUT2D eigenvalue weighted by atomic mass is 16.5. The molecule has 0 saturated heterocycles. The summed E-state index contributed by atoms with van der Waals surface area (Å²) in [6.45, 7) is 0.350. The number of aliphatic carboxylic acids is 1. The largest absolute Gasteiger partial charge is 0.479 e. The van der Waals surface area contributed by atoms with E-state index >= 15 is 0 Å². The molecule has 1 aromatic carbocycles. The molecule has 1 atom stereocenters. The van der Waals surface area contributed by atoms with Gasteiger partial charge in [-0.3, -0.25) is 0 Å². The molecule has 0 radical (unpaired) electrons. The molecule has 1 fully saturated rings. The molecule has 0 heterocycles. The Kier molecular flexibility index (Phi) is 3.94. The van der Waals surface area contributed by atoms with E-state index in [2.05, 4.69) is 0 Å². The topological polar surface area (TPSA) is 46.5 Å². The van der Waals surface area contributed by atoms with Gasteiger partial charge in [-0.15, -0.1) is 0 Å². The van der Waals surface area contributed by atoms with Gasteiger partial charge >= 0.3 is 5.97 Å². The van der Waals surface area contributed by atoms with Crippen LogP contribution in [0.25, 0.3) is 6.08 Å². The summed E-state index contributed by atoms with van der Waals surface area (Å²) in [5, 5.41) is 8.95. The Balaban J connectivity index is 1.78. The first kappa shape index (κ1) is 11.9. The van der Waals surface area contributed by atoms with Gasteiger partial charge in [0.15, 0.2) is 6.10 Å². The molecule has 1 aliphatic rings. The van der Waals surface area contributed by atoms with Crippen LogP contribution in [-0.2, 0) is 9.53 Å². The van der Waals surface area contributed by atoms with Gasteiger partial charge < -0.3 is 9.84 Å². The Bertz CT molecular complexity index is 393. The van der Waals surface area contributed by atoms with Gasteiger partial charge in [0.2, 0.25) is 0 Å². The molecule has 17 heavy (non-hydrogen) atoms. The summed E-state index contributed by atoms with van der Waals surface area (Å²) in [7, 11) is 0. The summed E-state index contributed by atoms with van der Waals surface area (Å²) >= 11 is 0. The predicted octanol–water partition coefficient (Wildman–Crippen LogP) is 2.58. The van der Waals surface area contributed by atoms with Crippen molar-refractivity contribution in [1.82, 2.24) is 0 Å². The van der Waals surface area contributed by atoms with Crippen LogP contribution in [0.5, 0.6) is 0 Å². The first-order valence-electron chi connectivity index (χ1n) is 5.83. The Morgan fingerprint density at radius 3 is 2.71 bits per heavy atom. The van der Waals surface area contributed by atoms with Crippen LogP contribution in [-0.4, -0.2) is 23.8 Å². The summed E-state index contributed by atoms with van der Waals surface area (Å²) in [5.41, 5.74) is 1.09. The van der Waals surface area contributed by atoms with Crippen molar-refractivity contribution < 1.29 is 14.6 Å². The van der Waals surface area contributed by atoms with Gasteiger partial charge in [-0.05, 0) is 24.3 Å². The number of benzene rings is 1. The average Bonchev–Trinajstić information content (AvgIpc) is 3.14. The molecular formula is C14H16O3. The van der Waals surface area contributed by atoms with Gasteiger partial charge in [0.05, 0.1) is 6.61 Å². The third-order valence-corrected chi connectivity index (χ3v) is 2.78. The van der Waals surface area contributed by atoms with E-state index in [-0.39, 0.29) is 5.92 Å². The molecule has 1 saturated carbocycles. The van der Waals surface area contributed by atoms with E-state index in [4.69, 9.17) is 9.84 Å². The van der Waals surface area contributed by atoms with Crippen molar-refractivity contribution in [2.75, 3.05) is 6.61 Å². The summed E-state index contributed by atoms with van der Waals surface area (Å²) in [4.78, 5) is 10.9. The van der Waals surface area contributed by atoms with Crippen LogP contribution in [0.4, 0.5) is 0 Å². The average molecular weight is 232 g/mol. The third kappa shape index (κ3) is 3.71. The quantitative estimate of drug-likeness (QED) is 0.820. The Morgan fingerprint density at radius 2 is 2.12 bits per heavy atom. The highest BCUT2D eigenvalue weighted by molar-refractivity contribution is 5.73. The number of hydrogen-bond acceptors (Lipinski definition) is 2. The molecule has 2 rings (SSSR count). The van der Waals surface area contributed by atoms with Crippen LogP contribution < -0.4 is 0 Å². The normalized spacial score (nSPS) is 17.2. The van der Waals surface area contributed by atoms with Gasteiger partial charge in [-0.1, -0.05) is 42.5 Å². The summed E-state index contributed by atoms with van der Waals surface area (Å²) in [6.07, 6.45) is 5.11. The minimum Gasteiger partial charge on any atom is -0.479 e. The SMILES string of the molecule is O=C(O)C(OCC=Cc1ccccc1)C1CC1. The molecule has 3 nitrogen and oxygen atoms in total. The monoisotopic (exact) mass is 232 g/mol. The van der Waals surface area contributed by atoms with E-state index in [0.717, 1.165) is 18.4 Å². The standard InChI is InChI=1S/C14H16O3/c15-14(16)13(12-8-9-12)17-10-4-7-11-5-2-1-3-6-11/h1-7,12-13H,8-10H2,(H,15,16). The number of hydrogen-bond donors (Lipinski definition) is 1. The van der Waals surface area contributed by atoms with Crippen molar-refractivity contribution in [3.05, 3.63) is 42.0 Å². The van der Waals surface area contributed by atoms with Crippen molar-refractivity contribution in [2.24, 2.45) is 5.92 Å². The zero-order chi connectivity index (χ0) is 12.1. The second-order valence-electron chi connectivity index (χ2n) is 4.24. The van der Waals surface area contributed by atoms with E-state index < -0.39 is 12.1 Å². The molecule has 90 valence electrons. The predicted molar refractivity (Wildman–Crippen MR) is 65.6 cm³/mol. The molecule has 1 N–H and O–H groups in total. The van der Waals surface area contributed by atoms with Crippen LogP contribution in [0, 0.1) is 5.92 Å². The van der Waals surface area contributed by atoms with Crippen molar-refractivity contribution in [3.8, 4) is 0 Å². The molecular weight excluding hydrogens is 216 g/mol. The Hall–Kier alpha value is -1.61. The summed E-state index contributed by atoms with van der Waals surface area (Å²) in [5.74, 6) is -0.627. The summed E-state index contributed by atoms with van der Waals surface area (Å²) in [6, 6.07) is 9.87. The maximum absolute atomic E-state index is 10.9. The van der Waals surface area contributed by atoms with Crippen molar-refractivity contribution in [2.45, 2.75) is 18.9 Å². The minimum atomic E-state index is -0.847. The van der Waals surface area contributed by atoms with Crippen molar-refractivity contribution in [3.63, 3.8) is 0 Å².